The van der Waals surface area contributed by atoms with Gasteiger partial charge in [0.1, 0.15) is 0 Å². The molecule has 1 aromatic carbocycles. The van der Waals surface area contributed by atoms with E-state index in [0.717, 1.165) is 18.2 Å². The molecule has 0 saturated carbocycles. The standard InChI is InChI=1S/C14H16ClNO/c15-12-4-5-14-11(9-12)6-7-16(14)10-13-3-1-2-8-17-13/h4-7,9,13H,1-3,8,10H2. The van der Waals surface area contributed by atoms with Crippen LogP contribution in [-0.4, -0.2) is 17.3 Å². The minimum Gasteiger partial charge on any atom is -0.376 e. The lowest BCUT2D eigenvalue weighted by Crippen LogP contribution is -2.24. The van der Waals surface area contributed by atoms with Crippen molar-refractivity contribution in [2.75, 3.05) is 6.61 Å². The topological polar surface area (TPSA) is 14.2 Å². The maximum atomic E-state index is 5.99. The van der Waals surface area contributed by atoms with Crippen molar-refractivity contribution in [2.45, 2.75) is 31.9 Å². The highest BCUT2D eigenvalue weighted by atomic mass is 35.5. The van der Waals surface area contributed by atoms with Crippen molar-refractivity contribution < 1.29 is 4.74 Å². The first-order chi connectivity index (χ1) is 8.33. The summed E-state index contributed by atoms with van der Waals surface area (Å²) in [6.07, 6.45) is 6.16. The van der Waals surface area contributed by atoms with Crippen LogP contribution in [-0.2, 0) is 11.3 Å². The molecule has 1 fully saturated rings. The molecule has 0 radical (unpaired) electrons. The zero-order valence-corrected chi connectivity index (χ0v) is 10.5. The van der Waals surface area contributed by atoms with E-state index in [4.69, 9.17) is 16.3 Å². The molecule has 90 valence electrons. The van der Waals surface area contributed by atoms with Gasteiger partial charge < -0.3 is 9.30 Å². The molecule has 2 heterocycles. The lowest BCUT2D eigenvalue weighted by Gasteiger charge is -2.23. The zero-order chi connectivity index (χ0) is 11.7. The average Bonchev–Trinajstić information content (AvgIpc) is 2.73. The molecule has 0 aliphatic carbocycles. The third-order valence-corrected chi connectivity index (χ3v) is 3.64. The van der Waals surface area contributed by atoms with E-state index in [2.05, 4.69) is 22.9 Å². The second-order valence-electron chi connectivity index (χ2n) is 4.66. The van der Waals surface area contributed by atoms with Crippen LogP contribution < -0.4 is 0 Å². The third kappa shape index (κ3) is 2.33. The molecule has 1 aliphatic heterocycles. The third-order valence-electron chi connectivity index (χ3n) is 3.41. The Morgan fingerprint density at radius 3 is 3.06 bits per heavy atom. The summed E-state index contributed by atoms with van der Waals surface area (Å²) in [5, 5.41) is 2.00. The Morgan fingerprint density at radius 2 is 2.24 bits per heavy atom. The van der Waals surface area contributed by atoms with E-state index in [0.29, 0.717) is 6.10 Å². The van der Waals surface area contributed by atoms with Gasteiger partial charge in [-0.2, -0.15) is 0 Å². The van der Waals surface area contributed by atoms with E-state index in [1.54, 1.807) is 0 Å². The van der Waals surface area contributed by atoms with Crippen molar-refractivity contribution in [3.63, 3.8) is 0 Å². The van der Waals surface area contributed by atoms with Gasteiger partial charge in [0.2, 0.25) is 0 Å². The second-order valence-corrected chi connectivity index (χ2v) is 5.10. The van der Waals surface area contributed by atoms with Gasteiger partial charge in [0.15, 0.2) is 0 Å². The molecule has 1 aromatic heterocycles. The fourth-order valence-electron chi connectivity index (χ4n) is 2.50. The highest BCUT2D eigenvalue weighted by Gasteiger charge is 2.15. The molecule has 0 spiro atoms. The van der Waals surface area contributed by atoms with Crippen LogP contribution in [0, 0.1) is 0 Å². The van der Waals surface area contributed by atoms with Crippen molar-refractivity contribution in [1.82, 2.24) is 4.57 Å². The molecule has 0 amide bonds. The van der Waals surface area contributed by atoms with Gasteiger partial charge in [0.05, 0.1) is 6.10 Å². The molecule has 1 atom stereocenters. The van der Waals surface area contributed by atoms with Crippen LogP contribution in [0.4, 0.5) is 0 Å². The molecule has 0 N–H and O–H groups in total. The van der Waals surface area contributed by atoms with Gasteiger partial charge >= 0.3 is 0 Å². The van der Waals surface area contributed by atoms with Crippen molar-refractivity contribution in [2.24, 2.45) is 0 Å². The van der Waals surface area contributed by atoms with E-state index in [9.17, 15) is 0 Å². The fraction of sp³-hybridized carbons (Fsp3) is 0.429. The second kappa shape index (κ2) is 4.71. The van der Waals surface area contributed by atoms with E-state index in [-0.39, 0.29) is 0 Å². The first-order valence-corrected chi connectivity index (χ1v) is 6.57. The molecule has 2 aromatic rings. The predicted octanol–water partition coefficient (Wildman–Crippen LogP) is 3.86. The average molecular weight is 250 g/mol. The largest absolute Gasteiger partial charge is 0.376 e. The summed E-state index contributed by atoms with van der Waals surface area (Å²) in [5.74, 6) is 0. The highest BCUT2D eigenvalue weighted by molar-refractivity contribution is 6.31. The minimum atomic E-state index is 0.370. The maximum Gasteiger partial charge on any atom is 0.0754 e. The Hall–Kier alpha value is -0.990. The molecule has 0 bridgehead atoms. The van der Waals surface area contributed by atoms with E-state index in [1.807, 2.05) is 12.1 Å². The number of hydrogen-bond acceptors (Lipinski definition) is 1. The number of aromatic nitrogens is 1. The lowest BCUT2D eigenvalue weighted by atomic mass is 10.1. The lowest BCUT2D eigenvalue weighted by molar-refractivity contribution is 0.00670. The summed E-state index contributed by atoms with van der Waals surface area (Å²) in [5.41, 5.74) is 1.24. The molecule has 1 aliphatic rings. The quantitative estimate of drug-likeness (QED) is 0.788. The zero-order valence-electron chi connectivity index (χ0n) is 9.73. The van der Waals surface area contributed by atoms with Gasteiger partial charge in [-0.1, -0.05) is 11.6 Å². The Kier molecular flexibility index (Phi) is 3.08. The maximum absolute atomic E-state index is 5.99. The molecule has 1 saturated heterocycles. The van der Waals surface area contributed by atoms with Gasteiger partial charge in [-0.05, 0) is 43.5 Å². The summed E-state index contributed by atoms with van der Waals surface area (Å²) >= 11 is 5.99. The van der Waals surface area contributed by atoms with Crippen LogP contribution in [0.1, 0.15) is 19.3 Å². The number of benzene rings is 1. The molecule has 2 nitrogen and oxygen atoms in total. The minimum absolute atomic E-state index is 0.370. The molecule has 17 heavy (non-hydrogen) atoms. The van der Waals surface area contributed by atoms with Crippen LogP contribution in [0.5, 0.6) is 0 Å². The van der Waals surface area contributed by atoms with Crippen molar-refractivity contribution in [1.29, 1.82) is 0 Å². The van der Waals surface area contributed by atoms with Crippen LogP contribution in [0.2, 0.25) is 5.02 Å². The van der Waals surface area contributed by atoms with Crippen LogP contribution in [0.15, 0.2) is 30.5 Å². The summed E-state index contributed by atoms with van der Waals surface area (Å²) < 4.78 is 8.04. The molecular weight excluding hydrogens is 234 g/mol. The number of fused-ring (bicyclic) bond motifs is 1. The van der Waals surface area contributed by atoms with Crippen LogP contribution in [0.3, 0.4) is 0 Å². The van der Waals surface area contributed by atoms with E-state index < -0.39 is 0 Å². The number of hydrogen-bond donors (Lipinski definition) is 0. The number of nitrogens with zero attached hydrogens (tertiary/aromatic N) is 1. The van der Waals surface area contributed by atoms with E-state index in [1.165, 1.54) is 30.2 Å². The SMILES string of the molecule is Clc1ccc2c(ccn2CC2CCCCO2)c1. The Labute approximate surface area is 106 Å². The van der Waals surface area contributed by atoms with Crippen LogP contribution >= 0.6 is 11.6 Å². The van der Waals surface area contributed by atoms with E-state index >= 15 is 0 Å². The molecular formula is C14H16ClNO. The number of rotatable bonds is 2. The first-order valence-electron chi connectivity index (χ1n) is 6.19. The number of halogens is 1. The summed E-state index contributed by atoms with van der Waals surface area (Å²) in [7, 11) is 0. The Balaban J connectivity index is 1.84. The van der Waals surface area contributed by atoms with Gasteiger partial charge in [0, 0.05) is 35.3 Å². The van der Waals surface area contributed by atoms with Crippen molar-refractivity contribution in [3.8, 4) is 0 Å². The summed E-state index contributed by atoms with van der Waals surface area (Å²) in [6.45, 7) is 1.86. The summed E-state index contributed by atoms with van der Waals surface area (Å²) in [4.78, 5) is 0. The fourth-order valence-corrected chi connectivity index (χ4v) is 2.68. The molecule has 3 heteroatoms. The number of ether oxygens (including phenoxy) is 1. The predicted molar refractivity (Wildman–Crippen MR) is 70.5 cm³/mol. The molecule has 1 unspecified atom stereocenters. The van der Waals surface area contributed by atoms with Crippen LogP contribution in [0.25, 0.3) is 10.9 Å². The van der Waals surface area contributed by atoms with Gasteiger partial charge in [-0.3, -0.25) is 0 Å². The normalized spacial score (nSPS) is 20.9. The highest BCUT2D eigenvalue weighted by Crippen LogP contribution is 2.22. The molecule has 3 rings (SSSR count). The van der Waals surface area contributed by atoms with Gasteiger partial charge in [-0.25, -0.2) is 0 Å². The van der Waals surface area contributed by atoms with Gasteiger partial charge in [0.25, 0.3) is 0 Å². The van der Waals surface area contributed by atoms with Crippen molar-refractivity contribution in [3.05, 3.63) is 35.5 Å². The summed E-state index contributed by atoms with van der Waals surface area (Å²) in [6, 6.07) is 8.15. The van der Waals surface area contributed by atoms with Gasteiger partial charge in [-0.15, -0.1) is 0 Å². The Bertz CT molecular complexity index is 514. The van der Waals surface area contributed by atoms with Crippen molar-refractivity contribution >= 4 is 22.5 Å². The smallest absolute Gasteiger partial charge is 0.0754 e. The monoisotopic (exact) mass is 249 g/mol. The first kappa shape index (κ1) is 11.1. The Morgan fingerprint density at radius 1 is 1.29 bits per heavy atom.